The summed E-state index contributed by atoms with van der Waals surface area (Å²) in [6.07, 6.45) is 2.51. The second-order valence-electron chi connectivity index (χ2n) is 3.13. The first-order chi connectivity index (χ1) is 6.83. The minimum absolute atomic E-state index is 1.25. The van der Waals surface area contributed by atoms with Crippen molar-refractivity contribution in [1.29, 1.82) is 0 Å². The van der Waals surface area contributed by atoms with E-state index in [1.54, 1.807) is 11.3 Å². The quantitative estimate of drug-likeness (QED) is 0.690. The van der Waals surface area contributed by atoms with Crippen molar-refractivity contribution in [2.75, 3.05) is 0 Å². The molecule has 0 radical (unpaired) electrons. The zero-order valence-electron chi connectivity index (χ0n) is 8.69. The van der Waals surface area contributed by atoms with Gasteiger partial charge < -0.3 is 0 Å². The maximum atomic E-state index is 2.21. The molecule has 0 aliphatic rings. The third-order valence-corrected chi connectivity index (χ3v) is 3.48. The molecule has 0 saturated heterocycles. The molecule has 0 spiro atoms. The fourth-order valence-electron chi connectivity index (χ4n) is 1.03. The fourth-order valence-corrected chi connectivity index (χ4v) is 2.51. The van der Waals surface area contributed by atoms with Crippen molar-refractivity contribution in [1.82, 2.24) is 0 Å². The summed E-state index contributed by atoms with van der Waals surface area (Å²) in [6, 6.07) is 6.40. The van der Waals surface area contributed by atoms with Gasteiger partial charge in [-0.1, -0.05) is 19.4 Å². The van der Waals surface area contributed by atoms with Crippen molar-refractivity contribution in [2.45, 2.75) is 26.7 Å². The van der Waals surface area contributed by atoms with E-state index in [1.807, 2.05) is 11.3 Å². The van der Waals surface area contributed by atoms with Crippen molar-refractivity contribution >= 4 is 22.7 Å². The Bertz CT molecular complexity index is 306. The van der Waals surface area contributed by atoms with E-state index in [2.05, 4.69) is 48.2 Å². The summed E-state index contributed by atoms with van der Waals surface area (Å²) in [5.74, 6) is 0. The molecule has 0 amide bonds. The van der Waals surface area contributed by atoms with Gasteiger partial charge in [0, 0.05) is 4.88 Å². The number of thiophene rings is 2. The lowest BCUT2D eigenvalue weighted by Crippen LogP contribution is -1.71. The Kier molecular flexibility index (Phi) is 5.57. The molecule has 0 nitrogen and oxygen atoms in total. The van der Waals surface area contributed by atoms with Gasteiger partial charge in [-0.15, -0.1) is 11.3 Å². The van der Waals surface area contributed by atoms with Crippen LogP contribution in [0.15, 0.2) is 34.3 Å². The van der Waals surface area contributed by atoms with Gasteiger partial charge in [0.25, 0.3) is 0 Å². The van der Waals surface area contributed by atoms with Crippen LogP contribution in [0.1, 0.15) is 23.8 Å². The van der Waals surface area contributed by atoms with Gasteiger partial charge in [0.2, 0.25) is 0 Å². The molecule has 0 saturated carbocycles. The van der Waals surface area contributed by atoms with E-state index in [0.717, 1.165) is 0 Å². The van der Waals surface area contributed by atoms with Crippen molar-refractivity contribution in [3.63, 3.8) is 0 Å². The lowest BCUT2D eigenvalue weighted by molar-refractivity contribution is 0.940. The molecule has 0 unspecified atom stereocenters. The number of hydrogen-bond donors (Lipinski definition) is 0. The zero-order valence-corrected chi connectivity index (χ0v) is 10.3. The first-order valence-corrected chi connectivity index (χ1v) is 6.66. The maximum Gasteiger partial charge on any atom is 0.00451 e. The van der Waals surface area contributed by atoms with E-state index in [9.17, 15) is 0 Å². The van der Waals surface area contributed by atoms with Gasteiger partial charge in [0.05, 0.1) is 0 Å². The van der Waals surface area contributed by atoms with Crippen LogP contribution in [0.3, 0.4) is 0 Å². The largest absolute Gasteiger partial charge is 0.152 e. The molecule has 0 aliphatic carbocycles. The molecular formula is C12H16S2. The molecule has 0 bridgehead atoms. The Morgan fingerprint density at radius 2 is 2.07 bits per heavy atom. The predicted octanol–water partition coefficient (Wildman–Crippen LogP) is 4.76. The summed E-state index contributed by atoms with van der Waals surface area (Å²) in [4.78, 5) is 1.51. The average Bonchev–Trinajstić information content (AvgIpc) is 2.79. The molecule has 2 aromatic heterocycles. The second-order valence-corrected chi connectivity index (χ2v) is 4.94. The SMILES string of the molecule is CCCc1cccs1.Cc1ccsc1. The number of aryl methyl sites for hydroxylation is 2. The fraction of sp³-hybridized carbons (Fsp3) is 0.333. The van der Waals surface area contributed by atoms with Crippen molar-refractivity contribution in [3.05, 3.63) is 44.8 Å². The molecule has 0 atom stereocenters. The highest BCUT2D eigenvalue weighted by atomic mass is 32.1. The number of hydrogen-bond acceptors (Lipinski definition) is 2. The van der Waals surface area contributed by atoms with Gasteiger partial charge in [-0.2, -0.15) is 11.3 Å². The maximum absolute atomic E-state index is 2.21. The molecule has 0 fully saturated rings. The average molecular weight is 224 g/mol. The van der Waals surface area contributed by atoms with Gasteiger partial charge in [0.1, 0.15) is 0 Å². The summed E-state index contributed by atoms with van der Waals surface area (Å²) in [5.41, 5.74) is 1.36. The molecule has 14 heavy (non-hydrogen) atoms. The van der Waals surface area contributed by atoms with Crippen LogP contribution >= 0.6 is 22.7 Å². The Labute approximate surface area is 94.2 Å². The minimum Gasteiger partial charge on any atom is -0.152 e. The van der Waals surface area contributed by atoms with Gasteiger partial charge in [-0.3, -0.25) is 0 Å². The van der Waals surface area contributed by atoms with Crippen LogP contribution in [-0.2, 0) is 6.42 Å². The topological polar surface area (TPSA) is 0 Å². The third kappa shape index (κ3) is 4.58. The zero-order chi connectivity index (χ0) is 10.2. The highest BCUT2D eigenvalue weighted by molar-refractivity contribution is 7.09. The Morgan fingerprint density at radius 1 is 1.21 bits per heavy atom. The van der Waals surface area contributed by atoms with Crippen LogP contribution in [0, 0.1) is 6.92 Å². The molecule has 2 aromatic rings. The smallest absolute Gasteiger partial charge is 0.00451 e. The standard InChI is InChI=1S/C7H10S.C5H6S/c1-2-4-7-5-3-6-8-7;1-5-2-3-6-4-5/h3,5-6H,2,4H2,1H3;2-4H,1H3. The summed E-state index contributed by atoms with van der Waals surface area (Å²) < 4.78 is 0. The lowest BCUT2D eigenvalue weighted by Gasteiger charge is -1.85. The number of rotatable bonds is 2. The van der Waals surface area contributed by atoms with Crippen molar-refractivity contribution in [2.24, 2.45) is 0 Å². The van der Waals surface area contributed by atoms with E-state index < -0.39 is 0 Å². The summed E-state index contributed by atoms with van der Waals surface area (Å²) in [6.45, 7) is 4.30. The molecule has 2 rings (SSSR count). The van der Waals surface area contributed by atoms with Crippen LogP contribution in [0.4, 0.5) is 0 Å². The molecule has 0 aromatic carbocycles. The van der Waals surface area contributed by atoms with Crippen LogP contribution in [0.2, 0.25) is 0 Å². The normalized spacial score (nSPS) is 9.29. The molecule has 0 N–H and O–H groups in total. The Hall–Kier alpha value is -0.600. The summed E-state index contributed by atoms with van der Waals surface area (Å²) in [5, 5.41) is 6.33. The molecule has 2 heteroatoms. The monoisotopic (exact) mass is 224 g/mol. The van der Waals surface area contributed by atoms with Crippen LogP contribution in [0.5, 0.6) is 0 Å². The van der Waals surface area contributed by atoms with E-state index in [1.165, 1.54) is 23.3 Å². The first kappa shape index (κ1) is 11.5. The Balaban J connectivity index is 0.000000146. The molecule has 0 aliphatic heterocycles. The van der Waals surface area contributed by atoms with E-state index in [0.29, 0.717) is 0 Å². The molecule has 76 valence electrons. The van der Waals surface area contributed by atoms with Gasteiger partial charge >= 0.3 is 0 Å². The second kappa shape index (κ2) is 6.80. The lowest BCUT2D eigenvalue weighted by atomic mass is 10.3. The highest BCUT2D eigenvalue weighted by Crippen LogP contribution is 2.09. The first-order valence-electron chi connectivity index (χ1n) is 4.84. The van der Waals surface area contributed by atoms with Gasteiger partial charge in [0.15, 0.2) is 0 Å². The summed E-state index contributed by atoms with van der Waals surface area (Å²) >= 11 is 3.59. The molecular weight excluding hydrogens is 208 g/mol. The summed E-state index contributed by atoms with van der Waals surface area (Å²) in [7, 11) is 0. The molecule has 2 heterocycles. The third-order valence-electron chi connectivity index (χ3n) is 1.74. The van der Waals surface area contributed by atoms with Crippen LogP contribution < -0.4 is 0 Å². The highest BCUT2D eigenvalue weighted by Gasteiger charge is 1.87. The van der Waals surface area contributed by atoms with E-state index in [-0.39, 0.29) is 0 Å². The predicted molar refractivity (Wildman–Crippen MR) is 67.4 cm³/mol. The van der Waals surface area contributed by atoms with E-state index >= 15 is 0 Å². The van der Waals surface area contributed by atoms with Crippen LogP contribution in [-0.4, -0.2) is 0 Å². The van der Waals surface area contributed by atoms with E-state index in [4.69, 9.17) is 0 Å². The van der Waals surface area contributed by atoms with Crippen LogP contribution in [0.25, 0.3) is 0 Å². The Morgan fingerprint density at radius 3 is 2.43 bits per heavy atom. The van der Waals surface area contributed by atoms with Crippen molar-refractivity contribution < 1.29 is 0 Å². The minimum atomic E-state index is 1.25. The van der Waals surface area contributed by atoms with Gasteiger partial charge in [-0.25, -0.2) is 0 Å². The van der Waals surface area contributed by atoms with Gasteiger partial charge in [-0.05, 0) is 47.2 Å². The van der Waals surface area contributed by atoms with Crippen molar-refractivity contribution in [3.8, 4) is 0 Å².